The van der Waals surface area contributed by atoms with Crippen molar-refractivity contribution >= 4 is 23.3 Å². The minimum absolute atomic E-state index is 0.279. The molecule has 2 aromatic rings. The number of rotatable bonds is 5. The molecular weight excluding hydrogens is 256 g/mol. The minimum atomic E-state index is -0.557. The van der Waals surface area contributed by atoms with Gasteiger partial charge >= 0.3 is 0 Å². The molecule has 18 heavy (non-hydrogen) atoms. The van der Waals surface area contributed by atoms with E-state index in [1.165, 1.54) is 12.3 Å². The number of carbonyl (C=O) groups is 1. The van der Waals surface area contributed by atoms with Gasteiger partial charge in [0.15, 0.2) is 0 Å². The number of primary amides is 1. The number of carbonyl (C=O) groups excluding carboxylic acids is 1. The average molecular weight is 267 g/mol. The fraction of sp³-hybridized carbons (Fsp3) is 0.200. The molecule has 0 unspecified atom stereocenters. The summed E-state index contributed by atoms with van der Waals surface area (Å²) in [5.41, 5.74) is 5.40. The number of hydrogen-bond donors (Lipinski definition) is 2. The number of anilines is 1. The fourth-order valence-corrected chi connectivity index (χ4v) is 1.58. The molecule has 0 radical (unpaired) electrons. The van der Waals surface area contributed by atoms with Crippen molar-refractivity contribution in [2.45, 2.75) is 6.54 Å². The van der Waals surface area contributed by atoms with Crippen molar-refractivity contribution in [1.29, 1.82) is 0 Å². The van der Waals surface area contributed by atoms with Crippen LogP contribution in [0.3, 0.4) is 0 Å². The Kier molecular flexibility index (Phi) is 3.73. The van der Waals surface area contributed by atoms with Crippen molar-refractivity contribution < 1.29 is 4.79 Å². The molecule has 8 heteroatoms. The highest BCUT2D eigenvalue weighted by Gasteiger charge is 2.06. The molecule has 0 aliphatic rings. The van der Waals surface area contributed by atoms with Gasteiger partial charge in [0.05, 0.1) is 23.3 Å². The lowest BCUT2D eigenvalue weighted by Crippen LogP contribution is -2.14. The Labute approximate surface area is 108 Å². The molecule has 3 N–H and O–H groups in total. The van der Waals surface area contributed by atoms with Crippen molar-refractivity contribution in [2.75, 3.05) is 11.9 Å². The first-order valence-corrected chi connectivity index (χ1v) is 5.58. The maximum absolute atomic E-state index is 10.9. The quantitative estimate of drug-likeness (QED) is 0.823. The molecule has 0 aliphatic heterocycles. The predicted molar refractivity (Wildman–Crippen MR) is 66.3 cm³/mol. The van der Waals surface area contributed by atoms with E-state index in [0.717, 1.165) is 0 Å². The zero-order valence-corrected chi connectivity index (χ0v) is 10.1. The van der Waals surface area contributed by atoms with Crippen LogP contribution in [0.25, 0.3) is 0 Å². The third-order valence-corrected chi connectivity index (χ3v) is 2.52. The number of halogens is 1. The molecule has 0 spiro atoms. The Hall–Kier alpha value is -2.15. The van der Waals surface area contributed by atoms with Crippen molar-refractivity contribution in [3.63, 3.8) is 0 Å². The van der Waals surface area contributed by atoms with Crippen molar-refractivity contribution in [2.24, 2.45) is 5.73 Å². The molecule has 0 aliphatic carbocycles. The third kappa shape index (κ3) is 2.95. The van der Waals surface area contributed by atoms with Gasteiger partial charge in [-0.1, -0.05) is 16.8 Å². The van der Waals surface area contributed by atoms with E-state index in [0.29, 0.717) is 23.9 Å². The van der Waals surface area contributed by atoms with Crippen LogP contribution in [0.4, 0.5) is 5.82 Å². The summed E-state index contributed by atoms with van der Waals surface area (Å²) in [5.74, 6) is -0.0552. The van der Waals surface area contributed by atoms with Crippen LogP contribution in [-0.4, -0.2) is 32.4 Å². The van der Waals surface area contributed by atoms with E-state index in [-0.39, 0.29) is 5.56 Å². The summed E-state index contributed by atoms with van der Waals surface area (Å²) < 4.78 is 1.68. The van der Waals surface area contributed by atoms with Crippen LogP contribution in [0.2, 0.25) is 5.02 Å². The molecule has 0 bridgehead atoms. The van der Waals surface area contributed by atoms with Crippen LogP contribution in [0.5, 0.6) is 0 Å². The second-order valence-electron chi connectivity index (χ2n) is 3.51. The molecule has 94 valence electrons. The van der Waals surface area contributed by atoms with Gasteiger partial charge in [-0.15, -0.1) is 5.10 Å². The molecule has 2 heterocycles. The largest absolute Gasteiger partial charge is 0.367 e. The minimum Gasteiger partial charge on any atom is -0.367 e. The highest BCUT2D eigenvalue weighted by atomic mass is 35.5. The standard InChI is InChI=1S/C10H11ClN6O/c11-8-5-7(9(12)18)6-14-10(8)13-1-3-17-4-2-15-16-17/h2,4-6H,1,3H2,(H2,12,18)(H,13,14). The van der Waals surface area contributed by atoms with Crippen LogP contribution in [0.1, 0.15) is 10.4 Å². The van der Waals surface area contributed by atoms with Gasteiger partial charge in [-0.05, 0) is 6.07 Å². The number of nitrogens with one attached hydrogen (secondary N) is 1. The van der Waals surface area contributed by atoms with Gasteiger partial charge in [0.25, 0.3) is 0 Å². The molecule has 0 fully saturated rings. The summed E-state index contributed by atoms with van der Waals surface area (Å²) in [6.07, 6.45) is 4.74. The topological polar surface area (TPSA) is 98.7 Å². The van der Waals surface area contributed by atoms with Gasteiger partial charge in [0.1, 0.15) is 5.82 Å². The number of hydrogen-bond acceptors (Lipinski definition) is 5. The third-order valence-electron chi connectivity index (χ3n) is 2.23. The summed E-state index contributed by atoms with van der Waals surface area (Å²) in [7, 11) is 0. The average Bonchev–Trinajstić information content (AvgIpc) is 2.84. The molecule has 2 aromatic heterocycles. The van der Waals surface area contributed by atoms with Crippen LogP contribution < -0.4 is 11.1 Å². The normalized spacial score (nSPS) is 10.3. The first-order valence-electron chi connectivity index (χ1n) is 5.20. The van der Waals surface area contributed by atoms with E-state index in [2.05, 4.69) is 20.6 Å². The van der Waals surface area contributed by atoms with Gasteiger partial charge in [-0.25, -0.2) is 4.98 Å². The highest BCUT2D eigenvalue weighted by molar-refractivity contribution is 6.33. The van der Waals surface area contributed by atoms with Crippen LogP contribution in [-0.2, 0) is 6.54 Å². The predicted octanol–water partition coefficient (Wildman–Crippen LogP) is 0.537. The first-order chi connectivity index (χ1) is 8.66. The van der Waals surface area contributed by atoms with Crippen molar-refractivity contribution in [3.05, 3.63) is 35.2 Å². The van der Waals surface area contributed by atoms with Crippen LogP contribution >= 0.6 is 11.6 Å². The number of aromatic nitrogens is 4. The molecular formula is C10H11ClN6O. The lowest BCUT2D eigenvalue weighted by atomic mass is 10.3. The van der Waals surface area contributed by atoms with Crippen LogP contribution in [0, 0.1) is 0 Å². The lowest BCUT2D eigenvalue weighted by Gasteiger charge is -2.07. The van der Waals surface area contributed by atoms with E-state index >= 15 is 0 Å². The smallest absolute Gasteiger partial charge is 0.250 e. The summed E-state index contributed by atoms with van der Waals surface area (Å²) in [6, 6.07) is 1.48. The zero-order chi connectivity index (χ0) is 13.0. The maximum Gasteiger partial charge on any atom is 0.250 e. The SMILES string of the molecule is NC(=O)c1cnc(NCCn2ccnn2)c(Cl)c1. The van der Waals surface area contributed by atoms with Crippen LogP contribution in [0.15, 0.2) is 24.7 Å². The Balaban J connectivity index is 1.95. The Morgan fingerprint density at radius 2 is 2.39 bits per heavy atom. The van der Waals surface area contributed by atoms with Crippen molar-refractivity contribution in [3.8, 4) is 0 Å². The summed E-state index contributed by atoms with van der Waals surface area (Å²) in [5, 5.41) is 10.9. The number of nitrogens with zero attached hydrogens (tertiary/aromatic N) is 4. The van der Waals surface area contributed by atoms with E-state index in [4.69, 9.17) is 17.3 Å². The molecule has 0 saturated carbocycles. The summed E-state index contributed by atoms with van der Waals surface area (Å²) in [6.45, 7) is 1.22. The van der Waals surface area contributed by atoms with Gasteiger partial charge < -0.3 is 11.1 Å². The monoisotopic (exact) mass is 266 g/mol. The fourth-order valence-electron chi connectivity index (χ4n) is 1.34. The molecule has 2 rings (SSSR count). The molecule has 1 amide bonds. The first kappa shape index (κ1) is 12.3. The zero-order valence-electron chi connectivity index (χ0n) is 9.38. The second kappa shape index (κ2) is 5.46. The molecule has 0 saturated heterocycles. The Bertz CT molecular complexity index is 541. The molecule has 0 atom stereocenters. The number of pyridine rings is 1. The van der Waals surface area contributed by atoms with E-state index in [1.54, 1.807) is 17.1 Å². The highest BCUT2D eigenvalue weighted by Crippen LogP contribution is 2.19. The van der Waals surface area contributed by atoms with Gasteiger partial charge in [0.2, 0.25) is 5.91 Å². The van der Waals surface area contributed by atoms with E-state index in [1.807, 2.05) is 0 Å². The van der Waals surface area contributed by atoms with Gasteiger partial charge in [-0.2, -0.15) is 0 Å². The van der Waals surface area contributed by atoms with E-state index < -0.39 is 5.91 Å². The molecule has 0 aromatic carbocycles. The Morgan fingerprint density at radius 1 is 1.56 bits per heavy atom. The van der Waals surface area contributed by atoms with E-state index in [9.17, 15) is 4.79 Å². The number of amides is 1. The second-order valence-corrected chi connectivity index (χ2v) is 3.92. The number of nitrogens with two attached hydrogens (primary N) is 1. The van der Waals surface area contributed by atoms with Gasteiger partial charge in [0, 0.05) is 18.9 Å². The lowest BCUT2D eigenvalue weighted by molar-refractivity contribution is 0.1000. The maximum atomic E-state index is 10.9. The summed E-state index contributed by atoms with van der Waals surface area (Å²) in [4.78, 5) is 14.9. The van der Waals surface area contributed by atoms with Gasteiger partial charge in [-0.3, -0.25) is 9.48 Å². The summed E-state index contributed by atoms with van der Waals surface area (Å²) >= 11 is 5.97. The molecule has 7 nitrogen and oxygen atoms in total. The Morgan fingerprint density at radius 3 is 3.00 bits per heavy atom. The van der Waals surface area contributed by atoms with Crippen molar-refractivity contribution in [1.82, 2.24) is 20.0 Å².